The number of hydrogen-bond acceptors (Lipinski definition) is 3. The number of fused-ring (bicyclic) bond motifs is 9. The molecule has 0 aliphatic heterocycles. The van der Waals surface area contributed by atoms with Crippen molar-refractivity contribution in [1.82, 2.24) is 0 Å². The Kier molecular flexibility index (Phi) is 7.11. The summed E-state index contributed by atoms with van der Waals surface area (Å²) in [4.78, 5) is 3.85. The van der Waals surface area contributed by atoms with Crippen LogP contribution in [0.4, 0.5) is 17.1 Å². The molecule has 0 spiro atoms. The number of allylic oxidation sites excluding steroid dienone is 1. The lowest BCUT2D eigenvalue weighted by Gasteiger charge is -2.28. The van der Waals surface area contributed by atoms with Gasteiger partial charge in [-0.3, -0.25) is 0 Å². The van der Waals surface area contributed by atoms with Crippen LogP contribution < -0.4 is 4.90 Å². The van der Waals surface area contributed by atoms with Crippen molar-refractivity contribution < 1.29 is 0 Å². The molecule has 0 radical (unpaired) electrons. The number of nitrogens with zero attached hydrogens (tertiary/aromatic N) is 1. The molecule has 0 amide bonds. The van der Waals surface area contributed by atoms with E-state index >= 15 is 0 Å². The van der Waals surface area contributed by atoms with Crippen LogP contribution in [0, 0.1) is 0 Å². The van der Waals surface area contributed by atoms with Crippen LogP contribution in [0.2, 0.25) is 0 Å². The van der Waals surface area contributed by atoms with Gasteiger partial charge in [0.1, 0.15) is 0 Å². The summed E-state index contributed by atoms with van der Waals surface area (Å²) >= 11 is 3.80. The molecule has 53 heavy (non-hydrogen) atoms. The number of benzene rings is 8. The van der Waals surface area contributed by atoms with Gasteiger partial charge < -0.3 is 4.90 Å². The lowest BCUT2D eigenvalue weighted by molar-refractivity contribution is 1.01. The largest absolute Gasteiger partial charge is 0.310 e. The van der Waals surface area contributed by atoms with Crippen molar-refractivity contribution in [1.29, 1.82) is 0 Å². The molecule has 11 rings (SSSR count). The summed E-state index contributed by atoms with van der Waals surface area (Å²) in [6, 6.07) is 60.7. The third-order valence-corrected chi connectivity index (χ3v) is 13.3. The first kappa shape index (κ1) is 30.6. The molecule has 0 bridgehead atoms. The highest BCUT2D eigenvalue weighted by molar-refractivity contribution is 7.25. The Morgan fingerprint density at radius 2 is 1.15 bits per heavy atom. The summed E-state index contributed by atoms with van der Waals surface area (Å²) in [6.45, 7) is 0. The van der Waals surface area contributed by atoms with Gasteiger partial charge in [-0.25, -0.2) is 0 Å². The van der Waals surface area contributed by atoms with Gasteiger partial charge in [0.25, 0.3) is 0 Å². The van der Waals surface area contributed by atoms with Crippen molar-refractivity contribution in [3.8, 4) is 22.3 Å². The predicted octanol–water partition coefficient (Wildman–Crippen LogP) is 15.3. The lowest BCUT2D eigenvalue weighted by atomic mass is 9.97. The zero-order valence-electron chi connectivity index (χ0n) is 28.9. The maximum atomic E-state index is 2.44. The minimum absolute atomic E-state index is 1.12. The molecule has 1 aliphatic carbocycles. The Hall–Kier alpha value is -6.00. The summed E-state index contributed by atoms with van der Waals surface area (Å²) in [5.41, 5.74) is 9.95. The van der Waals surface area contributed by atoms with Gasteiger partial charge in [-0.2, -0.15) is 0 Å². The summed E-state index contributed by atoms with van der Waals surface area (Å²) < 4.78 is 4.05. The maximum Gasteiger partial charge on any atom is 0.0546 e. The monoisotopic (exact) mass is 711 g/mol. The third-order valence-electron chi connectivity index (χ3n) is 10.9. The van der Waals surface area contributed by atoms with Crippen LogP contribution in [-0.4, -0.2) is 0 Å². The molecule has 2 aromatic heterocycles. The molecule has 0 atom stereocenters. The van der Waals surface area contributed by atoms with Gasteiger partial charge in [0, 0.05) is 46.5 Å². The van der Waals surface area contributed by atoms with Gasteiger partial charge in [-0.05, 0) is 117 Å². The van der Waals surface area contributed by atoms with E-state index in [-0.39, 0.29) is 0 Å². The minimum atomic E-state index is 1.12. The van der Waals surface area contributed by atoms with Gasteiger partial charge in [0.2, 0.25) is 0 Å². The first-order chi connectivity index (χ1) is 26.3. The highest BCUT2D eigenvalue weighted by Gasteiger charge is 2.19. The molecule has 1 nitrogen and oxygen atoms in total. The van der Waals surface area contributed by atoms with E-state index in [0.717, 1.165) is 24.2 Å². The van der Waals surface area contributed by atoms with Gasteiger partial charge >= 0.3 is 0 Å². The van der Waals surface area contributed by atoms with Crippen LogP contribution in [0.3, 0.4) is 0 Å². The second-order valence-electron chi connectivity index (χ2n) is 14.0. The first-order valence-corrected chi connectivity index (χ1v) is 19.9. The molecular weight excluding hydrogens is 679 g/mol. The molecule has 10 aromatic rings. The van der Waals surface area contributed by atoms with E-state index < -0.39 is 0 Å². The van der Waals surface area contributed by atoms with Crippen molar-refractivity contribution in [2.24, 2.45) is 0 Å². The van der Waals surface area contributed by atoms with Crippen LogP contribution in [0.1, 0.15) is 16.9 Å². The van der Waals surface area contributed by atoms with Gasteiger partial charge in [-0.15, -0.1) is 22.7 Å². The summed E-state index contributed by atoms with van der Waals surface area (Å²) in [5, 5.41) is 9.07. The Morgan fingerprint density at radius 1 is 0.472 bits per heavy atom. The average molecular weight is 712 g/mol. The number of thiophene rings is 2. The van der Waals surface area contributed by atoms with E-state index in [2.05, 4.69) is 181 Å². The quantitative estimate of drug-likeness (QED) is 0.161. The molecule has 0 unspecified atom stereocenters. The van der Waals surface area contributed by atoms with E-state index in [0.29, 0.717) is 0 Å². The second-order valence-corrected chi connectivity index (χ2v) is 16.1. The maximum absolute atomic E-state index is 2.44. The number of aryl methyl sites for hydroxylation is 1. The van der Waals surface area contributed by atoms with Gasteiger partial charge in [0.15, 0.2) is 0 Å². The summed E-state index contributed by atoms with van der Waals surface area (Å²) in [7, 11) is 0. The molecule has 0 saturated carbocycles. The molecular formula is C50H33NS2. The molecule has 0 saturated heterocycles. The van der Waals surface area contributed by atoms with Crippen molar-refractivity contribution in [2.75, 3.05) is 4.90 Å². The minimum Gasteiger partial charge on any atom is -0.310 e. The predicted molar refractivity (Wildman–Crippen MR) is 233 cm³/mol. The SMILES string of the molecule is C1=Cc2sc3c(-c4ccc(N(c5ccc(-c6ccc7sc8ccccc8c7c6)cc5)c5cccc6ccc7ccccc7c56)cc4)cccc3c2CC1. The van der Waals surface area contributed by atoms with Crippen molar-refractivity contribution in [2.45, 2.75) is 12.8 Å². The van der Waals surface area contributed by atoms with Crippen molar-refractivity contribution >= 4 is 97.6 Å². The molecule has 2 heterocycles. The zero-order chi connectivity index (χ0) is 34.9. The molecule has 3 heteroatoms. The summed E-state index contributed by atoms with van der Waals surface area (Å²) in [5.74, 6) is 0. The molecule has 1 aliphatic rings. The standard InChI is InChI=1S/C50H33NS2/c1-2-11-39-33(9-1)19-20-35-10-7-16-45(49(35)39)51(37-26-21-32(22-27-37)36-25-30-48-44(31-36)42-13-4-5-17-46(42)52-48)38-28-23-34(24-29-38)40-14-8-15-43-41-12-3-6-18-47(41)53-50(40)43/h1-2,4-11,13-31H,3,12H2. The zero-order valence-corrected chi connectivity index (χ0v) is 30.6. The van der Waals surface area contributed by atoms with Crippen LogP contribution in [0.15, 0.2) is 170 Å². The van der Waals surface area contributed by atoms with Gasteiger partial charge in [0.05, 0.1) is 5.69 Å². The Morgan fingerprint density at radius 3 is 2.02 bits per heavy atom. The third kappa shape index (κ3) is 5.03. The number of rotatable bonds is 5. The van der Waals surface area contributed by atoms with E-state index in [1.165, 1.54) is 90.2 Å². The highest BCUT2D eigenvalue weighted by atomic mass is 32.1. The first-order valence-electron chi connectivity index (χ1n) is 18.3. The van der Waals surface area contributed by atoms with E-state index in [9.17, 15) is 0 Å². The summed E-state index contributed by atoms with van der Waals surface area (Å²) in [6.07, 6.45) is 6.88. The molecule has 8 aromatic carbocycles. The van der Waals surface area contributed by atoms with Crippen molar-refractivity contribution in [3.05, 3.63) is 180 Å². The van der Waals surface area contributed by atoms with Crippen LogP contribution >= 0.6 is 22.7 Å². The molecule has 250 valence electrons. The lowest BCUT2D eigenvalue weighted by Crippen LogP contribution is -2.10. The number of hydrogen-bond donors (Lipinski definition) is 0. The van der Waals surface area contributed by atoms with E-state index in [4.69, 9.17) is 0 Å². The average Bonchev–Trinajstić information content (AvgIpc) is 3.80. The Labute approximate surface area is 316 Å². The van der Waals surface area contributed by atoms with E-state index in [1.807, 2.05) is 22.7 Å². The topological polar surface area (TPSA) is 3.24 Å². The van der Waals surface area contributed by atoms with Gasteiger partial charge in [-0.1, -0.05) is 121 Å². The van der Waals surface area contributed by atoms with Crippen LogP contribution in [-0.2, 0) is 6.42 Å². The molecule has 0 fully saturated rings. The highest BCUT2D eigenvalue weighted by Crippen LogP contribution is 2.45. The fourth-order valence-corrected chi connectivity index (χ4v) is 10.8. The smallest absolute Gasteiger partial charge is 0.0546 e. The van der Waals surface area contributed by atoms with Crippen molar-refractivity contribution in [3.63, 3.8) is 0 Å². The number of anilines is 3. The van der Waals surface area contributed by atoms with E-state index in [1.54, 1.807) is 0 Å². The Bertz CT molecular complexity index is 3050. The second kappa shape index (κ2) is 12.3. The molecule has 0 N–H and O–H groups in total. The fraction of sp³-hybridized carbons (Fsp3) is 0.0400. The van der Waals surface area contributed by atoms with Crippen LogP contribution in [0.5, 0.6) is 0 Å². The fourth-order valence-electron chi connectivity index (χ4n) is 8.38. The Balaban J connectivity index is 1.05. The van der Waals surface area contributed by atoms with Crippen LogP contribution in [0.25, 0.3) is 80.1 Å². The normalized spacial score (nSPS) is 12.7.